The van der Waals surface area contributed by atoms with Crippen LogP contribution < -0.4 is 10.6 Å². The lowest BCUT2D eigenvalue weighted by atomic mass is 10.1. The van der Waals surface area contributed by atoms with Gasteiger partial charge in [-0.15, -0.1) is 0 Å². The van der Waals surface area contributed by atoms with Crippen molar-refractivity contribution in [3.8, 4) is 0 Å². The standard InChI is InChI=1S/C19H19N3O2/c1-13-5-3-6-14(2)18(13)22-15-8-9-17(20-11-15)19(23)21-12-16-7-4-10-24-16/h3-11,22H,12H2,1-2H3,(H,21,23). The number of aromatic nitrogens is 1. The lowest BCUT2D eigenvalue weighted by Gasteiger charge is -2.12. The molecular formula is C19H19N3O2. The molecule has 3 aromatic rings. The van der Waals surface area contributed by atoms with Crippen LogP contribution in [0.5, 0.6) is 0 Å². The maximum atomic E-state index is 12.1. The fourth-order valence-electron chi connectivity index (χ4n) is 2.43. The molecular weight excluding hydrogens is 302 g/mol. The van der Waals surface area contributed by atoms with Crippen LogP contribution in [0.2, 0.25) is 0 Å². The number of nitrogens with zero attached hydrogens (tertiary/aromatic N) is 1. The summed E-state index contributed by atoms with van der Waals surface area (Å²) in [6, 6.07) is 13.3. The zero-order valence-electron chi connectivity index (χ0n) is 13.7. The largest absolute Gasteiger partial charge is 0.467 e. The number of amides is 1. The predicted molar refractivity (Wildman–Crippen MR) is 93.3 cm³/mol. The Morgan fingerprint density at radius 3 is 2.50 bits per heavy atom. The van der Waals surface area contributed by atoms with Gasteiger partial charge in [-0.05, 0) is 49.2 Å². The fourth-order valence-corrected chi connectivity index (χ4v) is 2.43. The average molecular weight is 321 g/mol. The molecule has 2 N–H and O–H groups in total. The summed E-state index contributed by atoms with van der Waals surface area (Å²) >= 11 is 0. The summed E-state index contributed by atoms with van der Waals surface area (Å²) in [5.74, 6) is 0.474. The Labute approximate surface area is 140 Å². The van der Waals surface area contributed by atoms with Crippen LogP contribution in [0, 0.1) is 13.8 Å². The number of nitrogens with one attached hydrogen (secondary N) is 2. The van der Waals surface area contributed by atoms with E-state index in [9.17, 15) is 4.79 Å². The van der Waals surface area contributed by atoms with E-state index in [0.717, 1.165) is 22.5 Å². The van der Waals surface area contributed by atoms with Crippen molar-refractivity contribution in [2.45, 2.75) is 20.4 Å². The molecule has 0 fully saturated rings. The molecule has 0 atom stereocenters. The number of furan rings is 1. The number of hydrogen-bond donors (Lipinski definition) is 2. The number of para-hydroxylation sites is 1. The van der Waals surface area contributed by atoms with Crippen molar-refractivity contribution in [2.75, 3.05) is 5.32 Å². The van der Waals surface area contributed by atoms with Crippen molar-refractivity contribution in [2.24, 2.45) is 0 Å². The highest BCUT2D eigenvalue weighted by Gasteiger charge is 2.08. The third-order valence-electron chi connectivity index (χ3n) is 3.75. The molecule has 5 nitrogen and oxygen atoms in total. The normalized spacial score (nSPS) is 10.4. The lowest BCUT2D eigenvalue weighted by Crippen LogP contribution is -2.23. The van der Waals surface area contributed by atoms with Crippen molar-refractivity contribution in [1.82, 2.24) is 10.3 Å². The minimum atomic E-state index is -0.231. The van der Waals surface area contributed by atoms with Gasteiger partial charge in [-0.3, -0.25) is 4.79 Å². The second kappa shape index (κ2) is 7.00. The molecule has 0 aliphatic heterocycles. The van der Waals surface area contributed by atoms with Crippen molar-refractivity contribution in [1.29, 1.82) is 0 Å². The van der Waals surface area contributed by atoms with E-state index in [1.54, 1.807) is 24.6 Å². The van der Waals surface area contributed by atoms with E-state index in [1.165, 1.54) is 0 Å². The van der Waals surface area contributed by atoms with E-state index in [1.807, 2.05) is 18.2 Å². The van der Waals surface area contributed by atoms with Crippen molar-refractivity contribution >= 4 is 17.3 Å². The Morgan fingerprint density at radius 2 is 1.88 bits per heavy atom. The van der Waals surface area contributed by atoms with Crippen LogP contribution in [0.4, 0.5) is 11.4 Å². The summed E-state index contributed by atoms with van der Waals surface area (Å²) in [4.78, 5) is 16.3. The molecule has 0 radical (unpaired) electrons. The monoisotopic (exact) mass is 321 g/mol. The Balaban J connectivity index is 1.65. The third kappa shape index (κ3) is 3.63. The molecule has 24 heavy (non-hydrogen) atoms. The van der Waals surface area contributed by atoms with Gasteiger partial charge >= 0.3 is 0 Å². The van der Waals surface area contributed by atoms with Gasteiger partial charge in [-0.2, -0.15) is 0 Å². The molecule has 5 heteroatoms. The first kappa shape index (κ1) is 15.8. The number of aryl methyl sites for hydroxylation is 2. The third-order valence-corrected chi connectivity index (χ3v) is 3.75. The molecule has 3 rings (SSSR count). The summed E-state index contributed by atoms with van der Waals surface area (Å²) in [6.07, 6.45) is 3.24. The number of anilines is 2. The van der Waals surface area contributed by atoms with Crippen LogP contribution in [-0.2, 0) is 6.54 Å². The molecule has 1 amide bonds. The van der Waals surface area contributed by atoms with Gasteiger partial charge in [0.25, 0.3) is 5.91 Å². The highest BCUT2D eigenvalue weighted by molar-refractivity contribution is 5.92. The molecule has 122 valence electrons. The second-order valence-corrected chi connectivity index (χ2v) is 5.59. The molecule has 0 unspecified atom stereocenters. The zero-order valence-corrected chi connectivity index (χ0v) is 13.7. The molecule has 0 aliphatic carbocycles. The minimum Gasteiger partial charge on any atom is -0.467 e. The van der Waals surface area contributed by atoms with Gasteiger partial charge in [0.1, 0.15) is 11.5 Å². The number of pyridine rings is 1. The number of hydrogen-bond acceptors (Lipinski definition) is 4. The Bertz CT molecular complexity index is 804. The molecule has 0 aliphatic rings. The lowest BCUT2D eigenvalue weighted by molar-refractivity contribution is 0.0943. The van der Waals surface area contributed by atoms with E-state index in [0.29, 0.717) is 18.0 Å². The summed E-state index contributed by atoms with van der Waals surface area (Å²) in [5, 5.41) is 6.12. The molecule has 0 bridgehead atoms. The second-order valence-electron chi connectivity index (χ2n) is 5.59. The number of rotatable bonds is 5. The molecule has 0 saturated carbocycles. The maximum absolute atomic E-state index is 12.1. The SMILES string of the molecule is Cc1cccc(C)c1Nc1ccc(C(=O)NCc2ccco2)nc1. The van der Waals surface area contributed by atoms with Crippen LogP contribution >= 0.6 is 0 Å². The first-order valence-electron chi connectivity index (χ1n) is 7.73. The Morgan fingerprint density at radius 1 is 1.08 bits per heavy atom. The van der Waals surface area contributed by atoms with Crippen molar-refractivity contribution in [3.63, 3.8) is 0 Å². The number of benzene rings is 1. The van der Waals surface area contributed by atoms with Crippen LogP contribution in [0.1, 0.15) is 27.4 Å². The summed E-state index contributed by atoms with van der Waals surface area (Å²) in [6.45, 7) is 4.45. The van der Waals surface area contributed by atoms with Gasteiger partial charge in [0, 0.05) is 5.69 Å². The fraction of sp³-hybridized carbons (Fsp3) is 0.158. The first-order valence-corrected chi connectivity index (χ1v) is 7.73. The Hall–Kier alpha value is -3.08. The van der Waals surface area contributed by atoms with Gasteiger partial charge in [0.05, 0.1) is 24.7 Å². The zero-order chi connectivity index (χ0) is 16.9. The number of carbonyl (C=O) groups excluding carboxylic acids is 1. The van der Waals surface area contributed by atoms with Gasteiger partial charge in [0.2, 0.25) is 0 Å². The summed E-state index contributed by atoms with van der Waals surface area (Å²) in [7, 11) is 0. The van der Waals surface area contributed by atoms with E-state index < -0.39 is 0 Å². The maximum Gasteiger partial charge on any atom is 0.270 e. The van der Waals surface area contributed by atoms with E-state index >= 15 is 0 Å². The highest BCUT2D eigenvalue weighted by atomic mass is 16.3. The van der Waals surface area contributed by atoms with Gasteiger partial charge in [0.15, 0.2) is 0 Å². The predicted octanol–water partition coefficient (Wildman–Crippen LogP) is 3.97. The highest BCUT2D eigenvalue weighted by Crippen LogP contribution is 2.23. The van der Waals surface area contributed by atoms with E-state index in [2.05, 4.69) is 41.6 Å². The van der Waals surface area contributed by atoms with Crippen LogP contribution in [-0.4, -0.2) is 10.9 Å². The van der Waals surface area contributed by atoms with Gasteiger partial charge in [-0.25, -0.2) is 4.98 Å². The minimum absolute atomic E-state index is 0.231. The van der Waals surface area contributed by atoms with Crippen LogP contribution in [0.25, 0.3) is 0 Å². The van der Waals surface area contributed by atoms with Crippen LogP contribution in [0.3, 0.4) is 0 Å². The Kier molecular flexibility index (Phi) is 4.61. The van der Waals surface area contributed by atoms with Crippen LogP contribution in [0.15, 0.2) is 59.3 Å². The van der Waals surface area contributed by atoms with E-state index in [-0.39, 0.29) is 5.91 Å². The topological polar surface area (TPSA) is 67.2 Å². The quantitative estimate of drug-likeness (QED) is 0.746. The molecule has 1 aromatic carbocycles. The molecule has 0 saturated heterocycles. The molecule has 2 aromatic heterocycles. The average Bonchev–Trinajstić information content (AvgIpc) is 3.10. The van der Waals surface area contributed by atoms with Crippen molar-refractivity contribution in [3.05, 3.63) is 77.5 Å². The summed E-state index contributed by atoms with van der Waals surface area (Å²) in [5.41, 5.74) is 4.60. The number of carbonyl (C=O) groups is 1. The molecule has 0 spiro atoms. The first-order chi connectivity index (χ1) is 11.6. The van der Waals surface area contributed by atoms with Crippen molar-refractivity contribution < 1.29 is 9.21 Å². The van der Waals surface area contributed by atoms with E-state index in [4.69, 9.17) is 4.42 Å². The van der Waals surface area contributed by atoms with Gasteiger partial charge < -0.3 is 15.1 Å². The summed E-state index contributed by atoms with van der Waals surface area (Å²) < 4.78 is 5.18. The van der Waals surface area contributed by atoms with Gasteiger partial charge in [-0.1, -0.05) is 18.2 Å². The smallest absolute Gasteiger partial charge is 0.270 e. The molecule has 2 heterocycles.